The molecule has 0 aliphatic heterocycles. The van der Waals surface area contributed by atoms with Crippen molar-refractivity contribution in [2.45, 2.75) is 36.5 Å². The van der Waals surface area contributed by atoms with Crippen LogP contribution in [-0.2, 0) is 0 Å². The molecule has 1 atom stereocenters. The first-order valence-corrected chi connectivity index (χ1v) is 6.35. The summed E-state index contributed by atoms with van der Waals surface area (Å²) in [7, 11) is 0. The summed E-state index contributed by atoms with van der Waals surface area (Å²) >= 11 is 2.45. The van der Waals surface area contributed by atoms with Crippen LogP contribution in [0.2, 0.25) is 0 Å². The highest BCUT2D eigenvalue weighted by molar-refractivity contribution is 14.1. The van der Waals surface area contributed by atoms with E-state index in [1.165, 1.54) is 0 Å². The van der Waals surface area contributed by atoms with Crippen molar-refractivity contribution in [1.29, 1.82) is 0 Å². The molecule has 82 valence electrons. The molecule has 0 aromatic carbocycles. The summed E-state index contributed by atoms with van der Waals surface area (Å²) in [4.78, 5) is 0. The highest BCUT2D eigenvalue weighted by Gasteiger charge is 2.28. The average Bonchev–Trinajstić information content (AvgIpc) is 2.18. The molecule has 1 nitrogen and oxygen atoms in total. The molecule has 0 amide bonds. The van der Waals surface area contributed by atoms with Crippen LogP contribution < -0.4 is 0 Å². The third-order valence-corrected chi connectivity index (χ3v) is 3.91. The van der Waals surface area contributed by atoms with Gasteiger partial charge in [-0.1, -0.05) is 41.7 Å². The molecular weight excluding hydrogens is 287 g/mol. The molecule has 1 N–H and O–H groups in total. The Morgan fingerprint density at radius 3 is 2.14 bits per heavy atom. The lowest BCUT2D eigenvalue weighted by molar-refractivity contribution is 0.120. The highest BCUT2D eigenvalue weighted by Crippen LogP contribution is 2.35. The second kappa shape index (κ2) is 7.46. The number of aliphatic hydroxyl groups excluding tert-OH is 1. The SMILES string of the molecule is C=CCC(CO)(CC=C)CC(I)CC. The van der Waals surface area contributed by atoms with Crippen molar-refractivity contribution in [2.24, 2.45) is 5.41 Å². The number of alkyl halides is 1. The molecule has 0 bridgehead atoms. The number of aliphatic hydroxyl groups is 1. The van der Waals surface area contributed by atoms with Crippen molar-refractivity contribution in [3.63, 3.8) is 0 Å². The van der Waals surface area contributed by atoms with Gasteiger partial charge in [0.1, 0.15) is 0 Å². The standard InChI is InChI=1S/C12H21IO/c1-4-7-12(10-14,8-5-2)9-11(13)6-3/h4-5,11,14H,1-2,6-10H2,3H3. The third kappa shape index (κ3) is 4.60. The van der Waals surface area contributed by atoms with Gasteiger partial charge in [0.15, 0.2) is 0 Å². The minimum absolute atomic E-state index is 0.0225. The Hall–Kier alpha value is 0.170. The van der Waals surface area contributed by atoms with E-state index in [1.54, 1.807) is 0 Å². The van der Waals surface area contributed by atoms with Crippen molar-refractivity contribution in [1.82, 2.24) is 0 Å². The molecule has 0 aliphatic carbocycles. The lowest BCUT2D eigenvalue weighted by Crippen LogP contribution is -2.27. The third-order valence-electron chi connectivity index (χ3n) is 2.59. The summed E-state index contributed by atoms with van der Waals surface area (Å²) in [6, 6.07) is 0. The smallest absolute Gasteiger partial charge is 0.0493 e. The van der Waals surface area contributed by atoms with Crippen LogP contribution in [0.1, 0.15) is 32.6 Å². The van der Waals surface area contributed by atoms with E-state index >= 15 is 0 Å². The van der Waals surface area contributed by atoms with Gasteiger partial charge < -0.3 is 5.11 Å². The van der Waals surface area contributed by atoms with Crippen molar-refractivity contribution >= 4 is 22.6 Å². The first-order chi connectivity index (χ1) is 6.64. The van der Waals surface area contributed by atoms with E-state index in [4.69, 9.17) is 0 Å². The van der Waals surface area contributed by atoms with E-state index in [1.807, 2.05) is 12.2 Å². The molecule has 0 aliphatic rings. The zero-order valence-electron chi connectivity index (χ0n) is 9.01. The summed E-state index contributed by atoms with van der Waals surface area (Å²) in [5, 5.41) is 9.48. The first kappa shape index (κ1) is 14.2. The summed E-state index contributed by atoms with van der Waals surface area (Å²) in [5.74, 6) is 0. The van der Waals surface area contributed by atoms with E-state index in [9.17, 15) is 5.11 Å². The Balaban J connectivity index is 4.46. The minimum Gasteiger partial charge on any atom is -0.396 e. The molecular formula is C12H21IO. The van der Waals surface area contributed by atoms with Crippen LogP contribution in [-0.4, -0.2) is 15.6 Å². The average molecular weight is 308 g/mol. The van der Waals surface area contributed by atoms with Crippen LogP contribution in [0.15, 0.2) is 25.3 Å². The Labute approximate surface area is 101 Å². The van der Waals surface area contributed by atoms with Crippen molar-refractivity contribution in [3.05, 3.63) is 25.3 Å². The molecule has 0 saturated carbocycles. The molecule has 0 heterocycles. The topological polar surface area (TPSA) is 20.2 Å². The molecule has 0 rings (SSSR count). The minimum atomic E-state index is -0.0225. The van der Waals surface area contributed by atoms with Gasteiger partial charge in [0.05, 0.1) is 0 Å². The van der Waals surface area contributed by atoms with Gasteiger partial charge >= 0.3 is 0 Å². The number of halogens is 1. The fraction of sp³-hybridized carbons (Fsp3) is 0.667. The highest BCUT2D eigenvalue weighted by atomic mass is 127. The predicted octanol–water partition coefficient (Wildman–Crippen LogP) is 3.72. The monoisotopic (exact) mass is 308 g/mol. The van der Waals surface area contributed by atoms with E-state index in [2.05, 4.69) is 42.7 Å². The molecule has 14 heavy (non-hydrogen) atoms. The Bertz CT molecular complexity index is 167. The number of allylic oxidation sites excluding steroid dienone is 2. The van der Waals surface area contributed by atoms with Crippen LogP contribution in [0.3, 0.4) is 0 Å². The molecule has 0 aromatic rings. The second-order valence-electron chi connectivity index (χ2n) is 3.85. The molecule has 2 heteroatoms. The number of hydrogen-bond acceptors (Lipinski definition) is 1. The van der Waals surface area contributed by atoms with Crippen molar-refractivity contribution in [2.75, 3.05) is 6.61 Å². The van der Waals surface area contributed by atoms with E-state index in [0.29, 0.717) is 3.92 Å². The van der Waals surface area contributed by atoms with Gasteiger partial charge in [-0.25, -0.2) is 0 Å². The summed E-state index contributed by atoms with van der Waals surface area (Å²) in [5.41, 5.74) is -0.0225. The lowest BCUT2D eigenvalue weighted by Gasteiger charge is -2.31. The molecule has 0 aromatic heterocycles. The van der Waals surface area contributed by atoms with Gasteiger partial charge in [-0.15, -0.1) is 13.2 Å². The quantitative estimate of drug-likeness (QED) is 0.412. The van der Waals surface area contributed by atoms with Gasteiger partial charge in [-0.2, -0.15) is 0 Å². The summed E-state index contributed by atoms with van der Waals surface area (Å²) < 4.78 is 0.625. The van der Waals surface area contributed by atoms with Gasteiger partial charge in [0, 0.05) is 15.9 Å². The first-order valence-electron chi connectivity index (χ1n) is 5.11. The molecule has 0 saturated heterocycles. The van der Waals surface area contributed by atoms with Gasteiger partial charge in [-0.05, 0) is 25.7 Å². The van der Waals surface area contributed by atoms with Crippen LogP contribution >= 0.6 is 22.6 Å². The van der Waals surface area contributed by atoms with E-state index in [0.717, 1.165) is 25.7 Å². The van der Waals surface area contributed by atoms with Crippen LogP contribution in [0, 0.1) is 5.41 Å². The zero-order chi connectivity index (χ0) is 11.0. The zero-order valence-corrected chi connectivity index (χ0v) is 11.2. The maximum Gasteiger partial charge on any atom is 0.0493 e. The second-order valence-corrected chi connectivity index (χ2v) is 5.61. The maximum absolute atomic E-state index is 9.48. The van der Waals surface area contributed by atoms with Crippen molar-refractivity contribution < 1.29 is 5.11 Å². The Morgan fingerprint density at radius 1 is 1.36 bits per heavy atom. The summed E-state index contributed by atoms with van der Waals surface area (Å²) in [6.45, 7) is 9.93. The Morgan fingerprint density at radius 2 is 1.86 bits per heavy atom. The maximum atomic E-state index is 9.48. The normalized spacial score (nSPS) is 13.6. The molecule has 1 unspecified atom stereocenters. The van der Waals surface area contributed by atoms with Crippen molar-refractivity contribution in [3.8, 4) is 0 Å². The van der Waals surface area contributed by atoms with Crippen LogP contribution in [0.4, 0.5) is 0 Å². The number of rotatable bonds is 8. The van der Waals surface area contributed by atoms with Gasteiger partial charge in [-0.3, -0.25) is 0 Å². The molecule has 0 fully saturated rings. The fourth-order valence-electron chi connectivity index (χ4n) is 1.67. The molecule has 0 radical (unpaired) electrons. The Kier molecular flexibility index (Phi) is 7.55. The van der Waals surface area contributed by atoms with E-state index < -0.39 is 0 Å². The predicted molar refractivity (Wildman–Crippen MR) is 71.9 cm³/mol. The lowest BCUT2D eigenvalue weighted by atomic mass is 9.77. The van der Waals surface area contributed by atoms with Gasteiger partial charge in [0.2, 0.25) is 0 Å². The molecule has 0 spiro atoms. The largest absolute Gasteiger partial charge is 0.396 e. The van der Waals surface area contributed by atoms with E-state index in [-0.39, 0.29) is 12.0 Å². The summed E-state index contributed by atoms with van der Waals surface area (Å²) in [6.07, 6.45) is 7.73. The van der Waals surface area contributed by atoms with Crippen LogP contribution in [0.25, 0.3) is 0 Å². The fourth-order valence-corrected chi connectivity index (χ4v) is 2.60. The number of hydrogen-bond donors (Lipinski definition) is 1. The van der Waals surface area contributed by atoms with Gasteiger partial charge in [0.25, 0.3) is 0 Å². The van der Waals surface area contributed by atoms with Crippen LogP contribution in [0.5, 0.6) is 0 Å².